The minimum atomic E-state index is 0.401. The standard InChI is InChI=1S/C17H26N4/c1-14(2)18-17-19-15(3)13-21(17)12-8-11-20(4)16-9-6-5-7-10-16/h5-7,9-10,13-14H,8,11-12H2,1-4H3,(H,18,19). The second kappa shape index (κ2) is 7.16. The van der Waals surface area contributed by atoms with Crippen molar-refractivity contribution in [3.05, 3.63) is 42.2 Å². The van der Waals surface area contributed by atoms with E-state index in [4.69, 9.17) is 0 Å². The van der Waals surface area contributed by atoms with Crippen molar-refractivity contribution in [3.63, 3.8) is 0 Å². The average Bonchev–Trinajstić information content (AvgIpc) is 2.79. The van der Waals surface area contributed by atoms with Gasteiger partial charge in [0, 0.05) is 38.1 Å². The monoisotopic (exact) mass is 286 g/mol. The summed E-state index contributed by atoms with van der Waals surface area (Å²) in [5.74, 6) is 0.977. The highest BCUT2D eigenvalue weighted by molar-refractivity contribution is 5.44. The van der Waals surface area contributed by atoms with Gasteiger partial charge in [-0.3, -0.25) is 0 Å². The molecular formula is C17H26N4. The molecule has 114 valence electrons. The molecule has 0 spiro atoms. The van der Waals surface area contributed by atoms with Crippen molar-refractivity contribution in [2.75, 3.05) is 23.8 Å². The lowest BCUT2D eigenvalue weighted by Crippen LogP contribution is -2.20. The van der Waals surface area contributed by atoms with Crippen molar-refractivity contribution < 1.29 is 0 Å². The lowest BCUT2D eigenvalue weighted by Gasteiger charge is -2.19. The maximum absolute atomic E-state index is 4.54. The van der Waals surface area contributed by atoms with Crippen molar-refractivity contribution >= 4 is 11.6 Å². The van der Waals surface area contributed by atoms with Gasteiger partial charge in [0.2, 0.25) is 5.95 Å². The molecule has 2 rings (SSSR count). The Hall–Kier alpha value is -1.97. The molecule has 0 unspecified atom stereocenters. The minimum absolute atomic E-state index is 0.401. The first-order valence-corrected chi connectivity index (χ1v) is 7.63. The van der Waals surface area contributed by atoms with E-state index in [9.17, 15) is 0 Å². The zero-order valence-electron chi connectivity index (χ0n) is 13.5. The van der Waals surface area contributed by atoms with E-state index in [0.717, 1.165) is 31.2 Å². The Morgan fingerprint density at radius 1 is 1.24 bits per heavy atom. The molecule has 4 nitrogen and oxygen atoms in total. The third-order valence-corrected chi connectivity index (χ3v) is 3.40. The van der Waals surface area contributed by atoms with Crippen LogP contribution >= 0.6 is 0 Å². The fraction of sp³-hybridized carbons (Fsp3) is 0.471. The highest BCUT2D eigenvalue weighted by atomic mass is 15.2. The number of aromatic nitrogens is 2. The first-order chi connectivity index (χ1) is 10.1. The van der Waals surface area contributed by atoms with Gasteiger partial charge in [0.25, 0.3) is 0 Å². The van der Waals surface area contributed by atoms with E-state index >= 15 is 0 Å². The van der Waals surface area contributed by atoms with Crippen LogP contribution in [0.2, 0.25) is 0 Å². The van der Waals surface area contributed by atoms with Crippen LogP contribution < -0.4 is 10.2 Å². The highest BCUT2D eigenvalue weighted by Gasteiger charge is 2.07. The molecule has 21 heavy (non-hydrogen) atoms. The Morgan fingerprint density at radius 2 is 1.95 bits per heavy atom. The van der Waals surface area contributed by atoms with E-state index in [1.165, 1.54) is 5.69 Å². The van der Waals surface area contributed by atoms with Gasteiger partial charge in [-0.2, -0.15) is 0 Å². The van der Waals surface area contributed by atoms with E-state index in [0.29, 0.717) is 6.04 Å². The SMILES string of the molecule is Cc1cn(CCCN(C)c2ccccc2)c(NC(C)C)n1. The summed E-state index contributed by atoms with van der Waals surface area (Å²) in [5.41, 5.74) is 2.33. The minimum Gasteiger partial charge on any atom is -0.375 e. The number of para-hydroxylation sites is 1. The summed E-state index contributed by atoms with van der Waals surface area (Å²) < 4.78 is 2.22. The summed E-state index contributed by atoms with van der Waals surface area (Å²) in [6.07, 6.45) is 3.21. The number of hydrogen-bond donors (Lipinski definition) is 1. The largest absolute Gasteiger partial charge is 0.375 e. The van der Waals surface area contributed by atoms with Crippen molar-refractivity contribution in [2.24, 2.45) is 0 Å². The van der Waals surface area contributed by atoms with Crippen molar-refractivity contribution in [3.8, 4) is 0 Å². The number of nitrogens with zero attached hydrogens (tertiary/aromatic N) is 3. The molecule has 1 N–H and O–H groups in total. The zero-order valence-corrected chi connectivity index (χ0v) is 13.5. The smallest absolute Gasteiger partial charge is 0.203 e. The van der Waals surface area contributed by atoms with Crippen LogP contribution in [0, 0.1) is 6.92 Å². The molecule has 0 atom stereocenters. The number of imidazole rings is 1. The molecule has 0 aliphatic carbocycles. The fourth-order valence-corrected chi connectivity index (χ4v) is 2.38. The van der Waals surface area contributed by atoms with Crippen LogP contribution in [0.5, 0.6) is 0 Å². The van der Waals surface area contributed by atoms with Crippen molar-refractivity contribution in [1.29, 1.82) is 0 Å². The molecular weight excluding hydrogens is 260 g/mol. The van der Waals surface area contributed by atoms with Crippen LogP contribution in [0.3, 0.4) is 0 Å². The van der Waals surface area contributed by atoms with Crippen LogP contribution in [0.1, 0.15) is 26.0 Å². The van der Waals surface area contributed by atoms with Crippen LogP contribution in [0.15, 0.2) is 36.5 Å². The van der Waals surface area contributed by atoms with Crippen molar-refractivity contribution in [1.82, 2.24) is 9.55 Å². The summed E-state index contributed by atoms with van der Waals surface area (Å²) in [6.45, 7) is 8.32. The summed E-state index contributed by atoms with van der Waals surface area (Å²) in [5, 5.41) is 3.40. The van der Waals surface area contributed by atoms with Crippen LogP contribution in [-0.2, 0) is 6.54 Å². The van der Waals surface area contributed by atoms with Gasteiger partial charge in [-0.05, 0) is 39.3 Å². The highest BCUT2D eigenvalue weighted by Crippen LogP contribution is 2.13. The Kier molecular flexibility index (Phi) is 5.26. The molecule has 0 radical (unpaired) electrons. The number of hydrogen-bond acceptors (Lipinski definition) is 3. The molecule has 0 saturated carbocycles. The first kappa shape index (κ1) is 15.4. The van der Waals surface area contributed by atoms with E-state index in [1.807, 2.05) is 6.92 Å². The maximum atomic E-state index is 4.54. The third kappa shape index (κ3) is 4.52. The molecule has 4 heteroatoms. The first-order valence-electron chi connectivity index (χ1n) is 7.63. The van der Waals surface area contributed by atoms with Crippen molar-refractivity contribution in [2.45, 2.75) is 39.8 Å². The van der Waals surface area contributed by atoms with Gasteiger partial charge in [-0.15, -0.1) is 0 Å². The fourth-order valence-electron chi connectivity index (χ4n) is 2.38. The molecule has 1 heterocycles. The lowest BCUT2D eigenvalue weighted by molar-refractivity contribution is 0.637. The molecule has 1 aromatic carbocycles. The topological polar surface area (TPSA) is 33.1 Å². The molecule has 0 bridgehead atoms. The molecule has 1 aromatic heterocycles. The Bertz CT molecular complexity index is 545. The van der Waals surface area contributed by atoms with Crippen LogP contribution in [-0.4, -0.2) is 29.2 Å². The normalized spacial score (nSPS) is 10.9. The van der Waals surface area contributed by atoms with E-state index in [2.05, 4.69) is 77.2 Å². The van der Waals surface area contributed by atoms with E-state index in [-0.39, 0.29) is 0 Å². The number of rotatable bonds is 7. The summed E-state index contributed by atoms with van der Waals surface area (Å²) in [6, 6.07) is 10.9. The lowest BCUT2D eigenvalue weighted by atomic mass is 10.3. The Morgan fingerprint density at radius 3 is 2.62 bits per heavy atom. The quantitative estimate of drug-likeness (QED) is 0.845. The number of anilines is 2. The summed E-state index contributed by atoms with van der Waals surface area (Å²) in [4.78, 5) is 6.84. The van der Waals surface area contributed by atoms with E-state index in [1.54, 1.807) is 0 Å². The molecule has 0 amide bonds. The average molecular weight is 286 g/mol. The second-order valence-corrected chi connectivity index (χ2v) is 5.81. The van der Waals surface area contributed by atoms with Gasteiger partial charge >= 0.3 is 0 Å². The van der Waals surface area contributed by atoms with Gasteiger partial charge in [0.1, 0.15) is 0 Å². The van der Waals surface area contributed by atoms with Gasteiger partial charge in [-0.1, -0.05) is 18.2 Å². The van der Waals surface area contributed by atoms with E-state index < -0.39 is 0 Å². The van der Waals surface area contributed by atoms with Gasteiger partial charge in [0.05, 0.1) is 5.69 Å². The van der Waals surface area contributed by atoms with Gasteiger partial charge in [-0.25, -0.2) is 4.98 Å². The Balaban J connectivity index is 1.89. The van der Waals surface area contributed by atoms with Gasteiger partial charge in [0.15, 0.2) is 0 Å². The number of nitrogens with one attached hydrogen (secondary N) is 1. The van der Waals surface area contributed by atoms with Crippen LogP contribution in [0.4, 0.5) is 11.6 Å². The number of aryl methyl sites for hydroxylation is 2. The third-order valence-electron chi connectivity index (χ3n) is 3.40. The molecule has 0 saturated heterocycles. The molecule has 2 aromatic rings. The zero-order chi connectivity index (χ0) is 15.2. The predicted molar refractivity (Wildman–Crippen MR) is 90.1 cm³/mol. The van der Waals surface area contributed by atoms with Crippen LogP contribution in [0.25, 0.3) is 0 Å². The molecule has 0 aliphatic heterocycles. The molecule has 0 aliphatic rings. The maximum Gasteiger partial charge on any atom is 0.203 e. The summed E-state index contributed by atoms with van der Waals surface area (Å²) in [7, 11) is 2.14. The summed E-state index contributed by atoms with van der Waals surface area (Å²) >= 11 is 0. The predicted octanol–water partition coefficient (Wildman–Crippen LogP) is 3.54. The Labute approximate surface area is 127 Å². The van der Waals surface area contributed by atoms with Gasteiger partial charge < -0.3 is 14.8 Å². The second-order valence-electron chi connectivity index (χ2n) is 5.81. The number of benzene rings is 1. The molecule has 0 fully saturated rings.